The van der Waals surface area contributed by atoms with Gasteiger partial charge >= 0.3 is 0 Å². The molecular weight excluding hydrogens is 264 g/mol. The monoisotopic (exact) mass is 286 g/mol. The first kappa shape index (κ1) is 14.2. The summed E-state index contributed by atoms with van der Waals surface area (Å²) in [6.07, 6.45) is 2.56. The fourth-order valence-electron chi connectivity index (χ4n) is 2.80. The molecule has 1 fully saturated rings. The summed E-state index contributed by atoms with van der Waals surface area (Å²) in [5.41, 5.74) is 8.05. The Labute approximate surface area is 125 Å². The van der Waals surface area contributed by atoms with Crippen molar-refractivity contribution in [3.63, 3.8) is 0 Å². The molecule has 1 aliphatic rings. The van der Waals surface area contributed by atoms with Crippen LogP contribution in [-0.4, -0.2) is 34.7 Å². The maximum Gasteiger partial charge on any atom is 0.241 e. The molecule has 0 aliphatic heterocycles. The zero-order valence-electron chi connectivity index (χ0n) is 12.6. The molecule has 5 heteroatoms. The SMILES string of the molecule is Cc1ccccc1-c1noc(CN(C)C(CN)C2CC2)n1. The number of rotatable bonds is 6. The second-order valence-electron chi connectivity index (χ2n) is 5.88. The number of nitrogens with zero attached hydrogens (tertiary/aromatic N) is 3. The van der Waals surface area contributed by atoms with Crippen molar-refractivity contribution in [2.75, 3.05) is 13.6 Å². The van der Waals surface area contributed by atoms with E-state index in [4.69, 9.17) is 10.3 Å². The van der Waals surface area contributed by atoms with Crippen LogP contribution >= 0.6 is 0 Å². The standard InChI is InChI=1S/C16H22N4O/c1-11-5-3-4-6-13(11)16-18-15(21-19-16)10-20(2)14(9-17)12-7-8-12/h3-6,12,14H,7-10,17H2,1-2H3. The van der Waals surface area contributed by atoms with E-state index in [2.05, 4.69) is 35.1 Å². The van der Waals surface area contributed by atoms with Crippen molar-refractivity contribution in [3.05, 3.63) is 35.7 Å². The summed E-state index contributed by atoms with van der Waals surface area (Å²) in [6.45, 7) is 3.38. The van der Waals surface area contributed by atoms with Crippen LogP contribution in [-0.2, 0) is 6.54 Å². The van der Waals surface area contributed by atoms with E-state index in [9.17, 15) is 0 Å². The van der Waals surface area contributed by atoms with Gasteiger partial charge in [-0.25, -0.2) is 0 Å². The van der Waals surface area contributed by atoms with Gasteiger partial charge < -0.3 is 10.3 Å². The van der Waals surface area contributed by atoms with Crippen molar-refractivity contribution in [3.8, 4) is 11.4 Å². The molecule has 5 nitrogen and oxygen atoms in total. The van der Waals surface area contributed by atoms with Gasteiger partial charge in [-0.05, 0) is 38.3 Å². The van der Waals surface area contributed by atoms with Gasteiger partial charge in [-0.15, -0.1) is 0 Å². The molecule has 2 N–H and O–H groups in total. The number of hydrogen-bond donors (Lipinski definition) is 1. The van der Waals surface area contributed by atoms with Gasteiger partial charge in [0.1, 0.15) is 0 Å². The van der Waals surface area contributed by atoms with Gasteiger partial charge in [0.05, 0.1) is 6.54 Å². The quantitative estimate of drug-likeness (QED) is 0.882. The first-order valence-electron chi connectivity index (χ1n) is 7.48. The molecule has 0 saturated heterocycles. The van der Waals surface area contributed by atoms with Crippen LogP contribution in [0.3, 0.4) is 0 Å². The van der Waals surface area contributed by atoms with E-state index >= 15 is 0 Å². The van der Waals surface area contributed by atoms with Crippen LogP contribution in [0.15, 0.2) is 28.8 Å². The van der Waals surface area contributed by atoms with Crippen molar-refractivity contribution in [1.29, 1.82) is 0 Å². The number of hydrogen-bond acceptors (Lipinski definition) is 5. The third-order valence-electron chi connectivity index (χ3n) is 4.21. The van der Waals surface area contributed by atoms with Crippen LogP contribution < -0.4 is 5.73 Å². The number of aromatic nitrogens is 2. The fraction of sp³-hybridized carbons (Fsp3) is 0.500. The first-order valence-corrected chi connectivity index (χ1v) is 7.48. The van der Waals surface area contributed by atoms with E-state index in [1.165, 1.54) is 12.8 Å². The van der Waals surface area contributed by atoms with E-state index in [0.717, 1.165) is 17.0 Å². The molecule has 1 saturated carbocycles. The molecule has 0 radical (unpaired) electrons. The normalized spacial score (nSPS) is 16.4. The fourth-order valence-corrected chi connectivity index (χ4v) is 2.80. The molecule has 2 aromatic rings. The highest BCUT2D eigenvalue weighted by molar-refractivity contribution is 5.58. The first-order chi connectivity index (χ1) is 10.2. The minimum atomic E-state index is 0.416. The summed E-state index contributed by atoms with van der Waals surface area (Å²) in [6, 6.07) is 8.48. The summed E-state index contributed by atoms with van der Waals surface area (Å²) in [5.74, 6) is 2.04. The molecule has 1 aliphatic carbocycles. The summed E-state index contributed by atoms with van der Waals surface area (Å²) in [5, 5.41) is 4.10. The number of nitrogens with two attached hydrogens (primary N) is 1. The number of benzene rings is 1. The predicted molar refractivity (Wildman–Crippen MR) is 81.5 cm³/mol. The Morgan fingerprint density at radius 2 is 2.14 bits per heavy atom. The number of aryl methyl sites for hydroxylation is 1. The van der Waals surface area contributed by atoms with Crippen LogP contribution in [0.4, 0.5) is 0 Å². The van der Waals surface area contributed by atoms with E-state index in [0.29, 0.717) is 30.8 Å². The Balaban J connectivity index is 1.72. The zero-order chi connectivity index (χ0) is 14.8. The molecule has 1 aromatic carbocycles. The Morgan fingerprint density at radius 3 is 2.81 bits per heavy atom. The molecular formula is C16H22N4O. The number of likely N-dealkylation sites (N-methyl/N-ethyl adjacent to an activating group) is 1. The molecule has 3 rings (SSSR count). The van der Waals surface area contributed by atoms with Crippen LogP contribution in [0.1, 0.15) is 24.3 Å². The molecule has 0 bridgehead atoms. The van der Waals surface area contributed by atoms with E-state index in [1.807, 2.05) is 18.2 Å². The molecule has 21 heavy (non-hydrogen) atoms. The summed E-state index contributed by atoms with van der Waals surface area (Å²) in [7, 11) is 2.08. The van der Waals surface area contributed by atoms with Gasteiger partial charge in [-0.2, -0.15) is 4.98 Å². The van der Waals surface area contributed by atoms with Crippen LogP contribution in [0, 0.1) is 12.8 Å². The average molecular weight is 286 g/mol. The lowest BCUT2D eigenvalue weighted by atomic mass is 10.1. The summed E-state index contributed by atoms with van der Waals surface area (Å²) < 4.78 is 5.40. The lowest BCUT2D eigenvalue weighted by molar-refractivity contribution is 0.189. The molecule has 1 heterocycles. The minimum absolute atomic E-state index is 0.416. The van der Waals surface area contributed by atoms with Crippen LogP contribution in [0.5, 0.6) is 0 Å². The van der Waals surface area contributed by atoms with E-state index < -0.39 is 0 Å². The van der Waals surface area contributed by atoms with Crippen molar-refractivity contribution in [2.45, 2.75) is 32.4 Å². The zero-order valence-corrected chi connectivity index (χ0v) is 12.6. The highest BCUT2D eigenvalue weighted by Crippen LogP contribution is 2.34. The van der Waals surface area contributed by atoms with Crippen molar-refractivity contribution in [1.82, 2.24) is 15.0 Å². The Morgan fingerprint density at radius 1 is 1.38 bits per heavy atom. The Hall–Kier alpha value is -1.72. The smallest absolute Gasteiger partial charge is 0.241 e. The maximum atomic E-state index is 5.88. The van der Waals surface area contributed by atoms with Gasteiger partial charge in [0.15, 0.2) is 0 Å². The van der Waals surface area contributed by atoms with E-state index in [1.54, 1.807) is 0 Å². The highest BCUT2D eigenvalue weighted by Gasteiger charge is 2.33. The predicted octanol–water partition coefficient (Wildman–Crippen LogP) is 2.21. The van der Waals surface area contributed by atoms with Gasteiger partial charge in [0, 0.05) is 18.2 Å². The third-order valence-corrected chi connectivity index (χ3v) is 4.21. The summed E-state index contributed by atoms with van der Waals surface area (Å²) >= 11 is 0. The average Bonchev–Trinajstić information content (AvgIpc) is 3.19. The van der Waals surface area contributed by atoms with Gasteiger partial charge in [-0.1, -0.05) is 29.4 Å². The van der Waals surface area contributed by atoms with Crippen LogP contribution in [0.2, 0.25) is 0 Å². The minimum Gasteiger partial charge on any atom is -0.338 e. The molecule has 1 unspecified atom stereocenters. The second-order valence-corrected chi connectivity index (χ2v) is 5.88. The topological polar surface area (TPSA) is 68.2 Å². The van der Waals surface area contributed by atoms with E-state index in [-0.39, 0.29) is 0 Å². The Bertz CT molecular complexity index is 606. The molecule has 1 atom stereocenters. The van der Waals surface area contributed by atoms with Gasteiger partial charge in [0.2, 0.25) is 11.7 Å². The molecule has 1 aromatic heterocycles. The third kappa shape index (κ3) is 3.14. The lowest BCUT2D eigenvalue weighted by Crippen LogP contribution is -2.39. The molecule has 112 valence electrons. The lowest BCUT2D eigenvalue weighted by Gasteiger charge is -2.25. The van der Waals surface area contributed by atoms with Gasteiger partial charge in [-0.3, -0.25) is 4.90 Å². The highest BCUT2D eigenvalue weighted by atomic mass is 16.5. The van der Waals surface area contributed by atoms with Crippen molar-refractivity contribution < 1.29 is 4.52 Å². The molecule has 0 amide bonds. The Kier molecular flexibility index (Phi) is 4.03. The van der Waals surface area contributed by atoms with Crippen molar-refractivity contribution in [2.24, 2.45) is 11.7 Å². The second kappa shape index (κ2) is 5.95. The largest absolute Gasteiger partial charge is 0.338 e. The summed E-state index contributed by atoms with van der Waals surface area (Å²) in [4.78, 5) is 6.75. The van der Waals surface area contributed by atoms with Crippen LogP contribution in [0.25, 0.3) is 11.4 Å². The maximum absolute atomic E-state index is 5.88. The van der Waals surface area contributed by atoms with Gasteiger partial charge in [0.25, 0.3) is 0 Å². The van der Waals surface area contributed by atoms with Crippen molar-refractivity contribution >= 4 is 0 Å². The molecule has 0 spiro atoms.